The molecule has 0 aliphatic carbocycles. The first-order valence-corrected chi connectivity index (χ1v) is 7.55. The lowest BCUT2D eigenvalue weighted by atomic mass is 10.1. The maximum Gasteiger partial charge on any atom is 0.0459 e. The first-order valence-electron chi connectivity index (χ1n) is 7.17. The Morgan fingerprint density at radius 2 is 1.68 bits per heavy atom. The summed E-state index contributed by atoms with van der Waals surface area (Å²) in [7, 11) is 0. The molecule has 1 aromatic rings. The molecule has 3 heteroatoms. The number of benzene rings is 1. The molecular weight excluding hydrogens is 256 g/mol. The van der Waals surface area contributed by atoms with Gasteiger partial charge in [-0.05, 0) is 42.5 Å². The van der Waals surface area contributed by atoms with Gasteiger partial charge in [0.1, 0.15) is 0 Å². The fraction of sp³-hybridized carbons (Fsp3) is 0.625. The molecule has 0 amide bonds. The Morgan fingerprint density at radius 3 is 2.11 bits per heavy atom. The highest BCUT2D eigenvalue weighted by Gasteiger charge is 2.12. The molecule has 0 aliphatic heterocycles. The Hall–Kier alpha value is -0.730. The molecule has 0 aliphatic rings. The minimum Gasteiger partial charge on any atom is -0.371 e. The van der Waals surface area contributed by atoms with Crippen LogP contribution in [0, 0.1) is 11.8 Å². The Balaban J connectivity index is 2.92. The number of halogens is 1. The summed E-state index contributed by atoms with van der Waals surface area (Å²) in [6, 6.07) is 6.36. The van der Waals surface area contributed by atoms with E-state index in [2.05, 4.69) is 50.8 Å². The van der Waals surface area contributed by atoms with E-state index in [1.165, 1.54) is 5.69 Å². The largest absolute Gasteiger partial charge is 0.371 e. The number of nitrogens with two attached hydrogens (primary N) is 1. The highest BCUT2D eigenvalue weighted by molar-refractivity contribution is 6.31. The Morgan fingerprint density at radius 1 is 1.11 bits per heavy atom. The van der Waals surface area contributed by atoms with Crippen LogP contribution in [0.3, 0.4) is 0 Å². The first-order chi connectivity index (χ1) is 8.93. The first kappa shape index (κ1) is 16.3. The van der Waals surface area contributed by atoms with Crippen LogP contribution < -0.4 is 10.6 Å². The van der Waals surface area contributed by atoms with Crippen molar-refractivity contribution in [2.75, 3.05) is 24.5 Å². The van der Waals surface area contributed by atoms with E-state index in [-0.39, 0.29) is 0 Å². The van der Waals surface area contributed by atoms with E-state index in [0.717, 1.165) is 30.1 Å². The van der Waals surface area contributed by atoms with Crippen LogP contribution in [0.25, 0.3) is 0 Å². The lowest BCUT2D eigenvalue weighted by Crippen LogP contribution is -2.31. The lowest BCUT2D eigenvalue weighted by Gasteiger charge is -2.29. The molecule has 0 fully saturated rings. The van der Waals surface area contributed by atoms with Crippen molar-refractivity contribution in [3.05, 3.63) is 28.8 Å². The van der Waals surface area contributed by atoms with Crippen LogP contribution in [-0.2, 0) is 6.42 Å². The van der Waals surface area contributed by atoms with Gasteiger partial charge in [0.2, 0.25) is 0 Å². The molecule has 0 aromatic heterocycles. The van der Waals surface area contributed by atoms with Crippen LogP contribution in [0.5, 0.6) is 0 Å². The Bertz CT molecular complexity index is 378. The van der Waals surface area contributed by atoms with E-state index >= 15 is 0 Å². The molecule has 0 heterocycles. The summed E-state index contributed by atoms with van der Waals surface area (Å²) in [6.07, 6.45) is 0.841. The van der Waals surface area contributed by atoms with Gasteiger partial charge in [0, 0.05) is 23.8 Å². The molecule has 0 saturated heterocycles. The molecule has 1 rings (SSSR count). The topological polar surface area (TPSA) is 29.3 Å². The van der Waals surface area contributed by atoms with Crippen LogP contribution >= 0.6 is 11.6 Å². The third-order valence-corrected chi connectivity index (χ3v) is 3.34. The van der Waals surface area contributed by atoms with Crippen LogP contribution in [0.15, 0.2) is 18.2 Å². The van der Waals surface area contributed by atoms with Gasteiger partial charge in [-0.2, -0.15) is 0 Å². The summed E-state index contributed by atoms with van der Waals surface area (Å²) in [5, 5.41) is 0.834. The third kappa shape index (κ3) is 5.42. The van der Waals surface area contributed by atoms with Crippen molar-refractivity contribution in [2.45, 2.75) is 34.1 Å². The van der Waals surface area contributed by atoms with Crippen LogP contribution in [0.4, 0.5) is 5.69 Å². The van der Waals surface area contributed by atoms with Crippen molar-refractivity contribution >= 4 is 17.3 Å². The standard InChI is InChI=1S/C16H27ClN2/c1-12(2)10-19(11-13(3)4)15-6-5-14(7-8-18)16(17)9-15/h5-6,9,12-13H,7-8,10-11,18H2,1-4H3. The van der Waals surface area contributed by atoms with Crippen molar-refractivity contribution in [2.24, 2.45) is 17.6 Å². The lowest BCUT2D eigenvalue weighted by molar-refractivity contribution is 0.552. The van der Waals surface area contributed by atoms with Crippen LogP contribution in [0.2, 0.25) is 5.02 Å². The Kier molecular flexibility index (Phi) is 6.67. The molecule has 0 spiro atoms. The molecule has 108 valence electrons. The number of anilines is 1. The smallest absolute Gasteiger partial charge is 0.0459 e. The third-order valence-electron chi connectivity index (χ3n) is 2.99. The van der Waals surface area contributed by atoms with Gasteiger partial charge in [0.25, 0.3) is 0 Å². The number of hydrogen-bond acceptors (Lipinski definition) is 2. The average Bonchev–Trinajstić information content (AvgIpc) is 2.30. The molecule has 0 unspecified atom stereocenters. The normalized spacial score (nSPS) is 11.4. The summed E-state index contributed by atoms with van der Waals surface area (Å²) >= 11 is 6.34. The van der Waals surface area contributed by atoms with E-state index in [1.807, 2.05) is 0 Å². The second-order valence-electron chi connectivity index (χ2n) is 6.01. The summed E-state index contributed by atoms with van der Waals surface area (Å²) in [4.78, 5) is 2.42. The molecule has 1 aromatic carbocycles. The average molecular weight is 283 g/mol. The van der Waals surface area contributed by atoms with Crippen molar-refractivity contribution in [3.63, 3.8) is 0 Å². The predicted octanol–water partition coefficient (Wildman–Crippen LogP) is 3.96. The van der Waals surface area contributed by atoms with Gasteiger partial charge in [-0.1, -0.05) is 45.4 Å². The summed E-state index contributed by atoms with van der Waals surface area (Å²) in [5.74, 6) is 1.28. The van der Waals surface area contributed by atoms with Gasteiger partial charge in [-0.3, -0.25) is 0 Å². The summed E-state index contributed by atoms with van der Waals surface area (Å²) in [5.41, 5.74) is 7.95. The molecule has 2 N–H and O–H groups in total. The van der Waals surface area contributed by atoms with Gasteiger partial charge in [-0.25, -0.2) is 0 Å². The highest BCUT2D eigenvalue weighted by atomic mass is 35.5. The van der Waals surface area contributed by atoms with Crippen LogP contribution in [-0.4, -0.2) is 19.6 Å². The van der Waals surface area contributed by atoms with Crippen LogP contribution in [0.1, 0.15) is 33.3 Å². The van der Waals surface area contributed by atoms with Gasteiger partial charge < -0.3 is 10.6 Å². The predicted molar refractivity (Wildman–Crippen MR) is 86.1 cm³/mol. The molecular formula is C16H27ClN2. The molecule has 19 heavy (non-hydrogen) atoms. The van der Waals surface area contributed by atoms with Crippen molar-refractivity contribution in [1.82, 2.24) is 0 Å². The minimum atomic E-state index is 0.640. The van der Waals surface area contributed by atoms with Crippen molar-refractivity contribution in [3.8, 4) is 0 Å². The zero-order valence-electron chi connectivity index (χ0n) is 12.6. The highest BCUT2D eigenvalue weighted by Crippen LogP contribution is 2.25. The van der Waals surface area contributed by atoms with E-state index in [9.17, 15) is 0 Å². The molecule has 0 atom stereocenters. The van der Waals surface area contributed by atoms with Gasteiger partial charge in [0.15, 0.2) is 0 Å². The van der Waals surface area contributed by atoms with Crippen molar-refractivity contribution < 1.29 is 0 Å². The molecule has 2 nitrogen and oxygen atoms in total. The SMILES string of the molecule is CC(C)CN(CC(C)C)c1ccc(CCN)c(Cl)c1. The van der Waals surface area contributed by atoms with Crippen molar-refractivity contribution in [1.29, 1.82) is 0 Å². The maximum atomic E-state index is 6.34. The molecule has 0 radical (unpaired) electrons. The fourth-order valence-corrected chi connectivity index (χ4v) is 2.53. The van der Waals surface area contributed by atoms with E-state index in [4.69, 9.17) is 17.3 Å². The maximum absolute atomic E-state index is 6.34. The molecule has 0 saturated carbocycles. The van der Waals surface area contributed by atoms with Gasteiger partial charge in [0.05, 0.1) is 0 Å². The zero-order chi connectivity index (χ0) is 14.4. The quantitative estimate of drug-likeness (QED) is 0.820. The molecule has 0 bridgehead atoms. The van der Waals surface area contributed by atoms with E-state index in [1.54, 1.807) is 0 Å². The van der Waals surface area contributed by atoms with E-state index in [0.29, 0.717) is 18.4 Å². The second-order valence-corrected chi connectivity index (χ2v) is 6.41. The number of rotatable bonds is 7. The van der Waals surface area contributed by atoms with Gasteiger partial charge >= 0.3 is 0 Å². The second kappa shape index (κ2) is 7.76. The summed E-state index contributed by atoms with van der Waals surface area (Å²) in [6.45, 7) is 11.8. The number of nitrogens with zero attached hydrogens (tertiary/aromatic N) is 1. The van der Waals surface area contributed by atoms with Gasteiger partial charge in [-0.15, -0.1) is 0 Å². The monoisotopic (exact) mass is 282 g/mol. The van der Waals surface area contributed by atoms with E-state index < -0.39 is 0 Å². The summed E-state index contributed by atoms with van der Waals surface area (Å²) < 4.78 is 0. The minimum absolute atomic E-state index is 0.640. The zero-order valence-corrected chi connectivity index (χ0v) is 13.4. The number of hydrogen-bond donors (Lipinski definition) is 1. The fourth-order valence-electron chi connectivity index (χ4n) is 2.26. The Labute approximate surface area is 122 Å².